The lowest BCUT2D eigenvalue weighted by Crippen LogP contribution is -2.39. The van der Waals surface area contributed by atoms with Crippen LogP contribution in [0.25, 0.3) is 0 Å². The summed E-state index contributed by atoms with van der Waals surface area (Å²) >= 11 is 0. The maximum Gasteiger partial charge on any atom is 0.328 e. The summed E-state index contributed by atoms with van der Waals surface area (Å²) in [7, 11) is 1.38. The first kappa shape index (κ1) is 18.0. The second-order valence-electron chi connectivity index (χ2n) is 6.23. The molecule has 1 aliphatic rings. The SMILES string of the molecule is CCOC(=O)[C@H]1C[C@H](C(=O)OC)[C@H](c2ccccc2)N1c1ccccc1. The van der Waals surface area contributed by atoms with Crippen LogP contribution in [0, 0.1) is 5.92 Å². The molecule has 0 unspecified atom stereocenters. The first-order chi connectivity index (χ1) is 12.7. The van der Waals surface area contributed by atoms with Crippen LogP contribution < -0.4 is 4.90 Å². The number of para-hydroxylation sites is 1. The minimum Gasteiger partial charge on any atom is -0.469 e. The van der Waals surface area contributed by atoms with E-state index in [1.165, 1.54) is 7.11 Å². The molecule has 0 aliphatic carbocycles. The summed E-state index contributed by atoms with van der Waals surface area (Å²) in [5.41, 5.74) is 1.85. The van der Waals surface area contributed by atoms with Gasteiger partial charge >= 0.3 is 11.9 Å². The van der Waals surface area contributed by atoms with Gasteiger partial charge in [0.1, 0.15) is 6.04 Å². The molecule has 136 valence electrons. The first-order valence-corrected chi connectivity index (χ1v) is 8.80. The molecule has 3 rings (SSSR count). The lowest BCUT2D eigenvalue weighted by molar-refractivity contribution is -0.146. The Morgan fingerprint density at radius 1 is 1.00 bits per heavy atom. The molecular formula is C21H23NO4. The van der Waals surface area contributed by atoms with Gasteiger partial charge in [0.05, 0.1) is 25.7 Å². The molecule has 0 N–H and O–H groups in total. The van der Waals surface area contributed by atoms with Crippen LogP contribution in [0.15, 0.2) is 60.7 Å². The molecule has 1 heterocycles. The lowest BCUT2D eigenvalue weighted by atomic mass is 9.93. The monoisotopic (exact) mass is 353 g/mol. The normalized spacial score (nSPS) is 22.1. The van der Waals surface area contributed by atoms with Crippen molar-refractivity contribution < 1.29 is 19.1 Å². The number of anilines is 1. The van der Waals surface area contributed by atoms with Crippen molar-refractivity contribution in [3.8, 4) is 0 Å². The third-order valence-electron chi connectivity index (χ3n) is 4.75. The molecule has 0 saturated carbocycles. The van der Waals surface area contributed by atoms with E-state index in [1.807, 2.05) is 65.6 Å². The summed E-state index contributed by atoms with van der Waals surface area (Å²) < 4.78 is 10.3. The fraction of sp³-hybridized carbons (Fsp3) is 0.333. The van der Waals surface area contributed by atoms with Crippen molar-refractivity contribution in [1.82, 2.24) is 0 Å². The van der Waals surface area contributed by atoms with Gasteiger partial charge < -0.3 is 14.4 Å². The lowest BCUT2D eigenvalue weighted by Gasteiger charge is -2.32. The molecule has 0 radical (unpaired) electrons. The molecule has 1 fully saturated rings. The Hall–Kier alpha value is -2.82. The summed E-state index contributed by atoms with van der Waals surface area (Å²) in [4.78, 5) is 27.1. The van der Waals surface area contributed by atoms with Crippen LogP contribution in [0.2, 0.25) is 0 Å². The number of carbonyl (C=O) groups is 2. The summed E-state index contributed by atoms with van der Waals surface area (Å²) in [6, 6.07) is 18.6. The number of esters is 2. The van der Waals surface area contributed by atoms with Gasteiger partial charge in [0.25, 0.3) is 0 Å². The van der Waals surface area contributed by atoms with Gasteiger partial charge in [-0.25, -0.2) is 4.79 Å². The van der Waals surface area contributed by atoms with E-state index in [2.05, 4.69) is 0 Å². The molecule has 0 amide bonds. The van der Waals surface area contributed by atoms with E-state index in [0.29, 0.717) is 13.0 Å². The topological polar surface area (TPSA) is 55.8 Å². The average molecular weight is 353 g/mol. The van der Waals surface area contributed by atoms with E-state index in [1.54, 1.807) is 6.92 Å². The zero-order valence-electron chi connectivity index (χ0n) is 15.0. The van der Waals surface area contributed by atoms with Crippen molar-refractivity contribution in [2.24, 2.45) is 5.92 Å². The van der Waals surface area contributed by atoms with Gasteiger partial charge in [-0.05, 0) is 31.0 Å². The number of carbonyl (C=O) groups excluding carboxylic acids is 2. The van der Waals surface area contributed by atoms with E-state index in [0.717, 1.165) is 11.3 Å². The van der Waals surface area contributed by atoms with E-state index < -0.39 is 12.0 Å². The maximum absolute atomic E-state index is 12.6. The highest BCUT2D eigenvalue weighted by molar-refractivity contribution is 5.85. The summed E-state index contributed by atoms with van der Waals surface area (Å²) in [5.74, 6) is -1.08. The Balaban J connectivity index is 2.10. The highest BCUT2D eigenvalue weighted by atomic mass is 16.5. The van der Waals surface area contributed by atoms with Gasteiger partial charge in [-0.1, -0.05) is 48.5 Å². The van der Waals surface area contributed by atoms with E-state index in [-0.39, 0.29) is 18.0 Å². The quantitative estimate of drug-likeness (QED) is 0.772. The zero-order chi connectivity index (χ0) is 18.5. The fourth-order valence-electron chi connectivity index (χ4n) is 3.68. The van der Waals surface area contributed by atoms with Crippen LogP contribution in [0.3, 0.4) is 0 Å². The van der Waals surface area contributed by atoms with Gasteiger partial charge in [-0.15, -0.1) is 0 Å². The third-order valence-corrected chi connectivity index (χ3v) is 4.75. The van der Waals surface area contributed by atoms with Crippen LogP contribution >= 0.6 is 0 Å². The largest absolute Gasteiger partial charge is 0.469 e. The van der Waals surface area contributed by atoms with Gasteiger partial charge in [-0.3, -0.25) is 4.79 Å². The highest BCUT2D eigenvalue weighted by Gasteiger charge is 2.49. The molecule has 5 nitrogen and oxygen atoms in total. The number of benzene rings is 2. The zero-order valence-corrected chi connectivity index (χ0v) is 15.0. The van der Waals surface area contributed by atoms with E-state index in [4.69, 9.17) is 9.47 Å². The molecule has 5 heteroatoms. The maximum atomic E-state index is 12.6. The predicted molar refractivity (Wildman–Crippen MR) is 98.6 cm³/mol. The van der Waals surface area contributed by atoms with Crippen molar-refractivity contribution in [3.63, 3.8) is 0 Å². The number of methoxy groups -OCH3 is 1. The number of hydrogen-bond donors (Lipinski definition) is 0. The second-order valence-corrected chi connectivity index (χ2v) is 6.23. The predicted octanol–water partition coefficient (Wildman–Crippen LogP) is 3.36. The van der Waals surface area contributed by atoms with Crippen LogP contribution in [0.5, 0.6) is 0 Å². The van der Waals surface area contributed by atoms with Crippen LogP contribution in [-0.2, 0) is 19.1 Å². The minimum atomic E-state index is -0.536. The molecule has 0 aromatic heterocycles. The molecule has 26 heavy (non-hydrogen) atoms. The Morgan fingerprint density at radius 2 is 1.62 bits per heavy atom. The van der Waals surface area contributed by atoms with Crippen molar-refractivity contribution in [1.29, 1.82) is 0 Å². The Labute approximate surface area is 153 Å². The van der Waals surface area contributed by atoms with Crippen molar-refractivity contribution >= 4 is 17.6 Å². The molecular weight excluding hydrogens is 330 g/mol. The summed E-state index contributed by atoms with van der Waals surface area (Å²) in [6.45, 7) is 2.09. The van der Waals surface area contributed by atoms with Crippen LogP contribution in [-0.4, -0.2) is 31.7 Å². The standard InChI is InChI=1S/C21H23NO4/c1-3-26-21(24)18-14-17(20(23)25-2)19(15-10-6-4-7-11-15)22(18)16-12-8-5-9-13-16/h4-13,17-19H,3,14H2,1-2H3/t17-,18+,19-/m0/s1. The third kappa shape index (κ3) is 3.43. The number of nitrogens with zero attached hydrogens (tertiary/aromatic N) is 1. The average Bonchev–Trinajstić information content (AvgIpc) is 3.09. The summed E-state index contributed by atoms with van der Waals surface area (Å²) in [5, 5.41) is 0. The van der Waals surface area contributed by atoms with Crippen LogP contribution in [0.4, 0.5) is 5.69 Å². The molecule has 2 aromatic carbocycles. The van der Waals surface area contributed by atoms with Gasteiger partial charge in [0.2, 0.25) is 0 Å². The molecule has 2 aromatic rings. The summed E-state index contributed by atoms with van der Waals surface area (Å²) in [6.07, 6.45) is 0.361. The molecule has 1 aliphatic heterocycles. The van der Waals surface area contributed by atoms with Crippen LogP contribution in [0.1, 0.15) is 24.9 Å². The van der Waals surface area contributed by atoms with Gasteiger partial charge in [0.15, 0.2) is 0 Å². The van der Waals surface area contributed by atoms with Crippen molar-refractivity contribution in [2.45, 2.75) is 25.4 Å². The second kappa shape index (κ2) is 8.04. The van der Waals surface area contributed by atoms with E-state index in [9.17, 15) is 9.59 Å². The smallest absolute Gasteiger partial charge is 0.328 e. The molecule has 1 saturated heterocycles. The molecule has 0 spiro atoms. The molecule has 0 bridgehead atoms. The number of rotatable bonds is 5. The Bertz CT molecular complexity index is 747. The Kier molecular flexibility index (Phi) is 5.56. The Morgan fingerprint density at radius 3 is 2.19 bits per heavy atom. The number of ether oxygens (including phenoxy) is 2. The number of hydrogen-bond acceptors (Lipinski definition) is 5. The minimum absolute atomic E-state index is 0.291. The van der Waals surface area contributed by atoms with E-state index >= 15 is 0 Å². The van der Waals surface area contributed by atoms with Gasteiger partial charge in [0, 0.05) is 5.69 Å². The highest BCUT2D eigenvalue weighted by Crippen LogP contribution is 2.44. The fourth-order valence-corrected chi connectivity index (χ4v) is 3.68. The van der Waals surface area contributed by atoms with Crippen molar-refractivity contribution in [3.05, 3.63) is 66.2 Å². The van der Waals surface area contributed by atoms with Crippen molar-refractivity contribution in [2.75, 3.05) is 18.6 Å². The first-order valence-electron chi connectivity index (χ1n) is 8.80. The van der Waals surface area contributed by atoms with Gasteiger partial charge in [-0.2, -0.15) is 0 Å². The molecule has 3 atom stereocenters.